The molecule has 82 valence electrons. The van der Waals surface area contributed by atoms with Gasteiger partial charge >= 0.3 is 0 Å². The second-order valence-corrected chi connectivity index (χ2v) is 4.98. The third-order valence-corrected chi connectivity index (χ3v) is 3.99. The predicted octanol–water partition coefficient (Wildman–Crippen LogP) is -3.48. The molecule has 0 spiro atoms. The van der Waals surface area contributed by atoms with Crippen molar-refractivity contribution in [2.24, 2.45) is 0 Å². The normalized spacial score (nSPS) is 38.8. The second kappa shape index (κ2) is 5.10. The van der Waals surface area contributed by atoms with Gasteiger partial charge in [0.25, 0.3) is 0 Å². The van der Waals surface area contributed by atoms with Crippen molar-refractivity contribution >= 4 is 0 Å². The van der Waals surface area contributed by atoms with Gasteiger partial charge in [-0.15, -0.1) is 0 Å². The Hall–Kier alpha value is -0.120. The lowest BCUT2D eigenvalue weighted by molar-refractivity contribution is -1.02. The molecule has 0 radical (unpaired) electrons. The van der Waals surface area contributed by atoms with E-state index in [0.717, 1.165) is 6.04 Å². The molecule has 2 rings (SSSR count). The Labute approximate surface area is 87.4 Å². The standard InChI is InChI=1S/C11H23N3/c1-2-13-6-8-14(9-7-13)10-11-4-3-5-12-11/h11-12H,2-10H2,1H3/p+3/t11-/m0/s1. The molecule has 14 heavy (non-hydrogen) atoms. The summed E-state index contributed by atoms with van der Waals surface area (Å²) in [5, 5.41) is 2.56. The average molecular weight is 200 g/mol. The fourth-order valence-electron chi connectivity index (χ4n) is 2.92. The molecule has 0 bridgehead atoms. The van der Waals surface area contributed by atoms with Crippen LogP contribution in [-0.4, -0.2) is 51.9 Å². The lowest BCUT2D eigenvalue weighted by Crippen LogP contribution is -3.29. The van der Waals surface area contributed by atoms with E-state index in [9.17, 15) is 0 Å². The Morgan fingerprint density at radius 2 is 1.86 bits per heavy atom. The number of rotatable bonds is 3. The van der Waals surface area contributed by atoms with Gasteiger partial charge in [-0.25, -0.2) is 0 Å². The van der Waals surface area contributed by atoms with Crippen LogP contribution in [0.15, 0.2) is 0 Å². The van der Waals surface area contributed by atoms with Crippen molar-refractivity contribution in [1.82, 2.24) is 0 Å². The van der Waals surface area contributed by atoms with Gasteiger partial charge in [0.05, 0.1) is 13.1 Å². The van der Waals surface area contributed by atoms with Gasteiger partial charge in [0.1, 0.15) is 38.8 Å². The van der Waals surface area contributed by atoms with Crippen LogP contribution >= 0.6 is 0 Å². The molecule has 0 aromatic carbocycles. The average Bonchev–Trinajstić information content (AvgIpc) is 2.72. The summed E-state index contributed by atoms with van der Waals surface area (Å²) in [6, 6.07) is 0.952. The number of nitrogens with one attached hydrogen (secondary N) is 2. The molecule has 3 heteroatoms. The van der Waals surface area contributed by atoms with E-state index < -0.39 is 0 Å². The molecule has 4 N–H and O–H groups in total. The molecule has 2 aliphatic rings. The third kappa shape index (κ3) is 2.69. The van der Waals surface area contributed by atoms with E-state index in [-0.39, 0.29) is 0 Å². The van der Waals surface area contributed by atoms with Crippen LogP contribution in [0.5, 0.6) is 0 Å². The molecule has 3 nitrogen and oxygen atoms in total. The minimum Gasteiger partial charge on any atom is -0.339 e. The van der Waals surface area contributed by atoms with Crippen LogP contribution in [0, 0.1) is 0 Å². The van der Waals surface area contributed by atoms with Gasteiger partial charge in [-0.05, 0) is 6.92 Å². The smallest absolute Gasteiger partial charge is 0.136 e. The number of likely N-dealkylation sites (N-methyl/N-ethyl adjacent to an activating group) is 1. The SMILES string of the molecule is CC[NH+]1CC[NH+](C[C@@H]2CCC[NH2+]2)CC1. The summed E-state index contributed by atoms with van der Waals surface area (Å²) in [5.74, 6) is 0. The molecular weight excluding hydrogens is 174 g/mol. The van der Waals surface area contributed by atoms with Crippen LogP contribution in [0.1, 0.15) is 19.8 Å². The summed E-state index contributed by atoms with van der Waals surface area (Å²) < 4.78 is 0. The summed E-state index contributed by atoms with van der Waals surface area (Å²) in [6.45, 7) is 12.1. The molecule has 0 aromatic heterocycles. The molecule has 0 unspecified atom stereocenters. The van der Waals surface area contributed by atoms with Crippen molar-refractivity contribution in [3.05, 3.63) is 0 Å². The van der Waals surface area contributed by atoms with Gasteiger partial charge in [0, 0.05) is 12.8 Å². The van der Waals surface area contributed by atoms with Gasteiger partial charge in [-0.2, -0.15) is 0 Å². The van der Waals surface area contributed by atoms with Crippen molar-refractivity contribution in [2.75, 3.05) is 45.8 Å². The number of hydrogen-bond donors (Lipinski definition) is 3. The topological polar surface area (TPSA) is 25.5 Å². The maximum absolute atomic E-state index is 2.56. The van der Waals surface area contributed by atoms with Crippen molar-refractivity contribution in [2.45, 2.75) is 25.8 Å². The molecule has 0 saturated carbocycles. The highest BCUT2D eigenvalue weighted by atomic mass is 15.3. The van der Waals surface area contributed by atoms with E-state index in [1.807, 2.05) is 9.80 Å². The lowest BCUT2D eigenvalue weighted by atomic mass is 10.2. The summed E-state index contributed by atoms with van der Waals surface area (Å²) in [5.41, 5.74) is 0. The first-order valence-electron chi connectivity index (χ1n) is 6.39. The van der Waals surface area contributed by atoms with Crippen LogP contribution in [0.25, 0.3) is 0 Å². The minimum atomic E-state index is 0.952. The first kappa shape index (κ1) is 10.4. The zero-order valence-electron chi connectivity index (χ0n) is 9.52. The molecule has 0 aromatic rings. The molecule has 2 fully saturated rings. The molecule has 0 aliphatic carbocycles. The molecule has 2 saturated heterocycles. The van der Waals surface area contributed by atoms with E-state index in [4.69, 9.17) is 0 Å². The Morgan fingerprint density at radius 3 is 2.43 bits per heavy atom. The zero-order chi connectivity index (χ0) is 9.80. The number of hydrogen-bond acceptors (Lipinski definition) is 0. The predicted molar refractivity (Wildman–Crippen MR) is 56.6 cm³/mol. The zero-order valence-corrected chi connectivity index (χ0v) is 9.52. The maximum atomic E-state index is 2.56. The minimum absolute atomic E-state index is 0.952. The molecule has 1 atom stereocenters. The van der Waals surface area contributed by atoms with Crippen molar-refractivity contribution in [1.29, 1.82) is 0 Å². The Morgan fingerprint density at radius 1 is 1.14 bits per heavy atom. The van der Waals surface area contributed by atoms with Gasteiger partial charge in [-0.1, -0.05) is 0 Å². The van der Waals surface area contributed by atoms with E-state index >= 15 is 0 Å². The van der Waals surface area contributed by atoms with Crippen LogP contribution in [0.4, 0.5) is 0 Å². The quantitative estimate of drug-likeness (QED) is 0.422. The lowest BCUT2D eigenvalue weighted by Gasteiger charge is -2.29. The fraction of sp³-hybridized carbons (Fsp3) is 1.00. The van der Waals surface area contributed by atoms with Crippen LogP contribution < -0.4 is 15.1 Å². The number of piperazine rings is 1. The van der Waals surface area contributed by atoms with Crippen molar-refractivity contribution < 1.29 is 15.1 Å². The Balaban J connectivity index is 1.67. The third-order valence-electron chi connectivity index (χ3n) is 3.99. The van der Waals surface area contributed by atoms with Crippen molar-refractivity contribution in [3.8, 4) is 0 Å². The summed E-state index contributed by atoms with van der Waals surface area (Å²) in [4.78, 5) is 3.68. The second-order valence-electron chi connectivity index (χ2n) is 4.98. The number of nitrogens with two attached hydrogens (primary N) is 1. The first-order chi connectivity index (χ1) is 6.88. The van der Waals surface area contributed by atoms with E-state index in [2.05, 4.69) is 12.2 Å². The highest BCUT2D eigenvalue weighted by Gasteiger charge is 2.27. The van der Waals surface area contributed by atoms with E-state index in [0.29, 0.717) is 0 Å². The summed E-state index contributed by atoms with van der Waals surface area (Å²) >= 11 is 0. The maximum Gasteiger partial charge on any atom is 0.136 e. The number of quaternary nitrogens is 3. The van der Waals surface area contributed by atoms with Gasteiger partial charge in [0.2, 0.25) is 0 Å². The molecule has 2 aliphatic heterocycles. The molecular formula is C11H26N3+3. The first-order valence-corrected chi connectivity index (χ1v) is 6.39. The van der Waals surface area contributed by atoms with Gasteiger partial charge < -0.3 is 15.1 Å². The largest absolute Gasteiger partial charge is 0.339 e. The monoisotopic (exact) mass is 200 g/mol. The molecule has 0 amide bonds. The highest BCUT2D eigenvalue weighted by molar-refractivity contribution is 4.57. The summed E-state index contributed by atoms with van der Waals surface area (Å²) in [7, 11) is 0. The molecule has 2 heterocycles. The van der Waals surface area contributed by atoms with Crippen LogP contribution in [0.2, 0.25) is 0 Å². The Kier molecular flexibility index (Phi) is 3.79. The van der Waals surface area contributed by atoms with Gasteiger partial charge in [0.15, 0.2) is 0 Å². The van der Waals surface area contributed by atoms with Gasteiger partial charge in [-0.3, -0.25) is 0 Å². The van der Waals surface area contributed by atoms with Crippen LogP contribution in [0.3, 0.4) is 0 Å². The summed E-state index contributed by atoms with van der Waals surface area (Å²) in [6.07, 6.45) is 2.91. The van der Waals surface area contributed by atoms with Crippen molar-refractivity contribution in [3.63, 3.8) is 0 Å². The van der Waals surface area contributed by atoms with E-state index in [1.54, 1.807) is 0 Å². The van der Waals surface area contributed by atoms with E-state index in [1.165, 1.54) is 58.7 Å². The Bertz CT molecular complexity index is 158. The fourth-order valence-corrected chi connectivity index (χ4v) is 2.92. The van der Waals surface area contributed by atoms with Crippen LogP contribution in [-0.2, 0) is 0 Å². The highest BCUT2D eigenvalue weighted by Crippen LogP contribution is 1.93.